The molecule has 4 aromatic rings. The van der Waals surface area contributed by atoms with Crippen molar-refractivity contribution in [2.75, 3.05) is 37.6 Å². The van der Waals surface area contributed by atoms with Crippen LogP contribution in [0.5, 0.6) is 5.75 Å². The van der Waals surface area contributed by atoms with Gasteiger partial charge in [-0.15, -0.1) is 0 Å². The molecule has 2 aromatic heterocycles. The van der Waals surface area contributed by atoms with Gasteiger partial charge in [-0.1, -0.05) is 36.9 Å². The molecular formula is C35H42N4O4. The number of carbonyl (C=O) groups is 1. The van der Waals surface area contributed by atoms with Crippen molar-refractivity contribution in [1.82, 2.24) is 14.6 Å². The van der Waals surface area contributed by atoms with Gasteiger partial charge in [0.1, 0.15) is 23.8 Å². The molecule has 1 aliphatic carbocycles. The maximum atomic E-state index is 12.0. The number of fused-ring (bicyclic) bond motifs is 5. The van der Waals surface area contributed by atoms with Crippen LogP contribution in [0, 0.1) is 6.92 Å². The molecule has 0 amide bonds. The maximum Gasteiger partial charge on any atom is 0.335 e. The number of carboxylic acids is 1. The molecule has 1 saturated heterocycles. The van der Waals surface area contributed by atoms with E-state index in [2.05, 4.69) is 43.8 Å². The van der Waals surface area contributed by atoms with E-state index < -0.39 is 5.97 Å². The van der Waals surface area contributed by atoms with Gasteiger partial charge in [0.2, 0.25) is 0 Å². The SMILES string of the molecule is Cc1cc(COc2ccc3c(c2)N(CCN2CCCCC2)CCn2c-3c(C3CCCCC3)c3ccc(C(=O)O)cc32)no1. The molecule has 226 valence electrons. The molecule has 1 saturated carbocycles. The molecule has 0 unspecified atom stereocenters. The molecule has 8 heteroatoms. The average Bonchev–Trinajstić information content (AvgIpc) is 3.56. The molecule has 7 rings (SSSR count). The predicted octanol–water partition coefficient (Wildman–Crippen LogP) is 7.24. The molecule has 0 spiro atoms. The predicted molar refractivity (Wildman–Crippen MR) is 168 cm³/mol. The van der Waals surface area contributed by atoms with E-state index in [9.17, 15) is 9.90 Å². The molecule has 0 atom stereocenters. The fraction of sp³-hybridized carbons (Fsp3) is 0.486. The largest absolute Gasteiger partial charge is 0.487 e. The molecular weight excluding hydrogens is 540 g/mol. The number of hydrogen-bond donors (Lipinski definition) is 1. The summed E-state index contributed by atoms with van der Waals surface area (Å²) in [5.41, 5.74) is 7.25. The zero-order valence-corrected chi connectivity index (χ0v) is 25.2. The van der Waals surface area contributed by atoms with Gasteiger partial charge in [-0.2, -0.15) is 0 Å². The monoisotopic (exact) mass is 582 g/mol. The zero-order valence-electron chi connectivity index (χ0n) is 25.2. The Morgan fingerprint density at radius 3 is 2.53 bits per heavy atom. The molecule has 4 heterocycles. The third kappa shape index (κ3) is 5.65. The van der Waals surface area contributed by atoms with E-state index in [1.54, 1.807) is 6.07 Å². The number of anilines is 1. The standard InChI is InChI=1S/C35H42N4O4/c1-24-20-27(36-43-24)23-42-28-11-13-30-31(22-28)38(17-16-37-14-6-3-7-15-37)18-19-39-32-21-26(35(40)41)10-12-29(32)33(34(30)39)25-8-4-2-5-9-25/h10-13,20-22,25H,2-9,14-19,23H2,1H3,(H,40,41). The maximum absolute atomic E-state index is 12.0. The van der Waals surface area contributed by atoms with Crippen molar-refractivity contribution in [3.8, 4) is 17.0 Å². The van der Waals surface area contributed by atoms with Crippen LogP contribution >= 0.6 is 0 Å². The van der Waals surface area contributed by atoms with Crippen LogP contribution in [0.4, 0.5) is 5.69 Å². The summed E-state index contributed by atoms with van der Waals surface area (Å²) in [7, 11) is 0. The number of ether oxygens (including phenoxy) is 1. The van der Waals surface area contributed by atoms with Gasteiger partial charge in [0.25, 0.3) is 0 Å². The van der Waals surface area contributed by atoms with Crippen molar-refractivity contribution < 1.29 is 19.2 Å². The van der Waals surface area contributed by atoms with Crippen molar-refractivity contribution >= 4 is 22.6 Å². The Hall–Kier alpha value is -3.78. The number of piperidine rings is 1. The highest BCUT2D eigenvalue weighted by Crippen LogP contribution is 2.48. The zero-order chi connectivity index (χ0) is 29.3. The van der Waals surface area contributed by atoms with Crippen molar-refractivity contribution in [3.63, 3.8) is 0 Å². The van der Waals surface area contributed by atoms with Gasteiger partial charge >= 0.3 is 5.97 Å². The quantitative estimate of drug-likeness (QED) is 0.235. The summed E-state index contributed by atoms with van der Waals surface area (Å²) in [4.78, 5) is 17.2. The number of rotatable bonds is 8. The average molecular weight is 583 g/mol. The second kappa shape index (κ2) is 12.1. The van der Waals surface area contributed by atoms with Gasteiger partial charge in [-0.05, 0) is 81.4 Å². The topological polar surface area (TPSA) is 84.0 Å². The molecule has 2 aliphatic heterocycles. The Bertz CT molecular complexity index is 1610. The van der Waals surface area contributed by atoms with Crippen LogP contribution in [-0.2, 0) is 13.2 Å². The minimum absolute atomic E-state index is 0.348. The third-order valence-electron chi connectivity index (χ3n) is 9.72. The molecule has 0 bridgehead atoms. The molecule has 3 aliphatic rings. The van der Waals surface area contributed by atoms with E-state index >= 15 is 0 Å². The summed E-state index contributed by atoms with van der Waals surface area (Å²) in [6, 6.07) is 14.2. The second-order valence-electron chi connectivity index (χ2n) is 12.6. The molecule has 8 nitrogen and oxygen atoms in total. The first-order valence-corrected chi connectivity index (χ1v) is 16.1. The van der Waals surface area contributed by atoms with Crippen molar-refractivity contribution in [2.24, 2.45) is 0 Å². The fourth-order valence-corrected chi connectivity index (χ4v) is 7.56. The molecule has 2 aromatic carbocycles. The summed E-state index contributed by atoms with van der Waals surface area (Å²) in [6.45, 7) is 8.25. The van der Waals surface area contributed by atoms with E-state index in [0.717, 1.165) is 48.9 Å². The lowest BCUT2D eigenvalue weighted by Gasteiger charge is -2.31. The van der Waals surface area contributed by atoms with Crippen LogP contribution in [0.2, 0.25) is 0 Å². The van der Waals surface area contributed by atoms with Crippen molar-refractivity contribution in [1.29, 1.82) is 0 Å². The lowest BCUT2D eigenvalue weighted by atomic mass is 9.81. The lowest BCUT2D eigenvalue weighted by Crippen LogP contribution is -2.38. The first kappa shape index (κ1) is 28.0. The number of carboxylic acid groups (broad SMARTS) is 1. The van der Waals surface area contributed by atoms with Crippen molar-refractivity contribution in [3.05, 3.63) is 65.0 Å². The number of aromatic nitrogens is 2. The smallest absolute Gasteiger partial charge is 0.335 e. The van der Waals surface area contributed by atoms with Crippen LogP contribution in [0.25, 0.3) is 22.2 Å². The van der Waals surface area contributed by atoms with E-state index in [-0.39, 0.29) is 0 Å². The first-order chi connectivity index (χ1) is 21.0. The molecule has 1 N–H and O–H groups in total. The third-order valence-corrected chi connectivity index (χ3v) is 9.72. The summed E-state index contributed by atoms with van der Waals surface area (Å²) in [5, 5.41) is 15.2. The summed E-state index contributed by atoms with van der Waals surface area (Å²) >= 11 is 0. The Morgan fingerprint density at radius 2 is 1.77 bits per heavy atom. The number of likely N-dealkylation sites (tertiary alicyclic amines) is 1. The van der Waals surface area contributed by atoms with Crippen LogP contribution in [-0.4, -0.2) is 58.4 Å². The number of hydrogen-bond acceptors (Lipinski definition) is 6. The van der Waals surface area contributed by atoms with Crippen LogP contribution in [0.15, 0.2) is 47.0 Å². The summed E-state index contributed by atoms with van der Waals surface area (Å²) < 4.78 is 13.9. The minimum Gasteiger partial charge on any atom is -0.487 e. The Balaban J connectivity index is 1.33. The first-order valence-electron chi connectivity index (χ1n) is 16.1. The van der Waals surface area contributed by atoms with Gasteiger partial charge in [0, 0.05) is 60.5 Å². The highest BCUT2D eigenvalue weighted by molar-refractivity contribution is 5.99. The van der Waals surface area contributed by atoms with Crippen LogP contribution < -0.4 is 9.64 Å². The summed E-state index contributed by atoms with van der Waals surface area (Å²) in [5.74, 6) is 1.19. The normalized spacial score (nSPS) is 17.9. The number of aryl methyl sites for hydroxylation is 1. The van der Waals surface area contributed by atoms with Crippen LogP contribution in [0.1, 0.15) is 84.7 Å². The van der Waals surface area contributed by atoms with Gasteiger partial charge in [-0.3, -0.25) is 0 Å². The van der Waals surface area contributed by atoms with E-state index in [1.807, 2.05) is 19.1 Å². The van der Waals surface area contributed by atoms with Gasteiger partial charge in [-0.25, -0.2) is 4.79 Å². The van der Waals surface area contributed by atoms with E-state index in [4.69, 9.17) is 9.26 Å². The summed E-state index contributed by atoms with van der Waals surface area (Å²) in [6.07, 6.45) is 10.0. The van der Waals surface area contributed by atoms with E-state index in [1.165, 1.54) is 92.4 Å². The Morgan fingerprint density at radius 1 is 0.953 bits per heavy atom. The molecule has 43 heavy (non-hydrogen) atoms. The Kier molecular flexibility index (Phi) is 7.87. The highest BCUT2D eigenvalue weighted by atomic mass is 16.5. The Labute approximate surface area is 253 Å². The lowest BCUT2D eigenvalue weighted by molar-refractivity contribution is 0.0697. The van der Waals surface area contributed by atoms with Crippen LogP contribution in [0.3, 0.4) is 0 Å². The molecule has 0 radical (unpaired) electrons. The van der Waals surface area contributed by atoms with Gasteiger partial charge in [0.15, 0.2) is 0 Å². The van der Waals surface area contributed by atoms with Gasteiger partial charge in [0.05, 0.1) is 11.3 Å². The fourth-order valence-electron chi connectivity index (χ4n) is 7.56. The van der Waals surface area contributed by atoms with Crippen molar-refractivity contribution in [2.45, 2.75) is 77.4 Å². The number of nitrogens with zero attached hydrogens (tertiary/aromatic N) is 4. The number of aromatic carboxylic acids is 1. The highest BCUT2D eigenvalue weighted by Gasteiger charge is 2.31. The molecule has 2 fully saturated rings. The van der Waals surface area contributed by atoms with Gasteiger partial charge < -0.3 is 28.7 Å². The van der Waals surface area contributed by atoms with E-state index in [0.29, 0.717) is 18.1 Å². The minimum atomic E-state index is -0.877. The number of benzene rings is 2. The second-order valence-corrected chi connectivity index (χ2v) is 12.6.